The fraction of sp³-hybridized carbons (Fsp3) is 0.311. The van der Waals surface area contributed by atoms with Crippen molar-refractivity contribution in [1.29, 1.82) is 0 Å². The van der Waals surface area contributed by atoms with E-state index in [1.54, 1.807) is 36.4 Å². The lowest BCUT2D eigenvalue weighted by Crippen LogP contribution is -2.74. The van der Waals surface area contributed by atoms with Crippen molar-refractivity contribution in [2.24, 2.45) is 0 Å². The molecule has 334 valence electrons. The molecule has 2 aliphatic heterocycles. The summed E-state index contributed by atoms with van der Waals surface area (Å²) in [5.74, 6) is -4.87. The van der Waals surface area contributed by atoms with Crippen LogP contribution < -0.4 is 9.47 Å². The fourth-order valence-corrected chi connectivity index (χ4v) is 7.50. The highest BCUT2D eigenvalue weighted by Crippen LogP contribution is 2.49. The van der Waals surface area contributed by atoms with Gasteiger partial charge in [-0.15, -0.1) is 0 Å². The molecule has 0 radical (unpaired) electrons. The van der Waals surface area contributed by atoms with E-state index in [9.17, 15) is 66.4 Å². The Labute approximate surface area is 358 Å². The minimum Gasteiger partial charge on any atom is -0.508 e. The van der Waals surface area contributed by atoms with Crippen molar-refractivity contribution < 1.29 is 89.7 Å². The van der Waals surface area contributed by atoms with Gasteiger partial charge in [-0.25, -0.2) is 4.42 Å². The normalized spacial score (nSPS) is 28.8. The molecule has 18 nitrogen and oxygen atoms in total. The summed E-state index contributed by atoms with van der Waals surface area (Å²) in [5, 5.41) is 139. The van der Waals surface area contributed by atoms with Crippen molar-refractivity contribution >= 4 is 23.1 Å². The minimum atomic E-state index is -2.61. The zero-order chi connectivity index (χ0) is 45.2. The topological polar surface area (TPSA) is 311 Å². The van der Waals surface area contributed by atoms with Gasteiger partial charge in [-0.05, 0) is 47.5 Å². The van der Waals surface area contributed by atoms with Gasteiger partial charge in [0.1, 0.15) is 71.1 Å². The van der Waals surface area contributed by atoms with Crippen LogP contribution in [0.15, 0.2) is 101 Å². The first kappa shape index (κ1) is 45.0. The number of fused-ring (bicyclic) bond motifs is 1. The van der Waals surface area contributed by atoms with Crippen molar-refractivity contribution in [3.8, 4) is 51.6 Å². The monoisotopic (exact) mass is 875 g/mol. The Kier molecular flexibility index (Phi) is 13.1. The van der Waals surface area contributed by atoms with Crippen LogP contribution in [0, 0.1) is 0 Å². The summed E-state index contributed by atoms with van der Waals surface area (Å²) in [4.78, 5) is 0. The first-order valence-electron chi connectivity index (χ1n) is 19.7. The molecule has 3 heterocycles. The van der Waals surface area contributed by atoms with E-state index < -0.39 is 104 Å². The molecule has 1 aromatic heterocycles. The number of phenolic OH excluding ortho intramolecular Hbond substituents is 5. The van der Waals surface area contributed by atoms with Gasteiger partial charge in [-0.2, -0.15) is 0 Å². The van der Waals surface area contributed by atoms with E-state index in [0.29, 0.717) is 11.1 Å². The maximum absolute atomic E-state index is 12.9. The van der Waals surface area contributed by atoms with E-state index in [0.717, 1.165) is 18.2 Å². The number of aliphatic hydroxyl groups is 8. The van der Waals surface area contributed by atoms with E-state index in [2.05, 4.69) is 0 Å². The number of ether oxygens (including phenoxy) is 4. The predicted molar refractivity (Wildman–Crippen MR) is 221 cm³/mol. The third-order valence-electron chi connectivity index (χ3n) is 11.0. The van der Waals surface area contributed by atoms with Crippen molar-refractivity contribution in [2.45, 2.75) is 73.2 Å². The van der Waals surface area contributed by atoms with Gasteiger partial charge >= 0.3 is 11.3 Å². The number of hydrogen-bond donors (Lipinski definition) is 13. The molecule has 0 spiro atoms. The van der Waals surface area contributed by atoms with Gasteiger partial charge in [0.25, 0.3) is 0 Å². The molecule has 10 atom stereocenters. The van der Waals surface area contributed by atoms with Gasteiger partial charge in [-0.1, -0.05) is 48.6 Å². The molecule has 4 aromatic carbocycles. The third-order valence-corrected chi connectivity index (χ3v) is 11.0. The Morgan fingerprint density at radius 2 is 1.24 bits per heavy atom. The quantitative estimate of drug-likeness (QED) is 0.0596. The van der Waals surface area contributed by atoms with Gasteiger partial charge in [0.15, 0.2) is 17.1 Å². The van der Waals surface area contributed by atoms with Crippen molar-refractivity contribution in [3.63, 3.8) is 0 Å². The summed E-state index contributed by atoms with van der Waals surface area (Å²) in [5.41, 5.74) is -1.55. The van der Waals surface area contributed by atoms with Crippen LogP contribution in [-0.2, 0) is 9.47 Å². The SMILES string of the molecule is OC[C@H]1OC(CC=Cc2ccc(O)cc2)(Oc2cc3c(OC4O[C@H](CO)[C@@H](O)[C@H](O)[C@H]4O)cc(O)cc3[o+]c2-c2ccc(O)c(O)c2)[C@@](O)(CC=Cc2ccc(O)cc2)[C@@H](O)[C@@H]1O. The molecule has 2 saturated heterocycles. The number of hydrogen-bond acceptors (Lipinski definition) is 17. The molecule has 7 rings (SSSR count). The molecule has 13 N–H and O–H groups in total. The maximum Gasteiger partial charge on any atom is 0.402 e. The first-order chi connectivity index (χ1) is 30.1. The summed E-state index contributed by atoms with van der Waals surface area (Å²) in [6.07, 6.45) is -8.88. The lowest BCUT2D eigenvalue weighted by Gasteiger charge is -2.54. The number of benzene rings is 4. The van der Waals surface area contributed by atoms with E-state index in [-0.39, 0.29) is 45.3 Å². The lowest BCUT2D eigenvalue weighted by molar-refractivity contribution is -0.376. The van der Waals surface area contributed by atoms with Gasteiger partial charge in [0.2, 0.25) is 17.8 Å². The first-order valence-corrected chi connectivity index (χ1v) is 19.7. The molecular weight excluding hydrogens is 828 g/mol. The zero-order valence-electron chi connectivity index (χ0n) is 33.2. The van der Waals surface area contributed by atoms with E-state index in [4.69, 9.17) is 23.4 Å². The van der Waals surface area contributed by atoms with Gasteiger partial charge in [0, 0.05) is 31.0 Å². The molecular formula is C45H47O18+. The summed E-state index contributed by atoms with van der Waals surface area (Å²) < 4.78 is 30.9. The largest absolute Gasteiger partial charge is 0.508 e. The second kappa shape index (κ2) is 18.4. The predicted octanol–water partition coefficient (Wildman–Crippen LogP) is 2.21. The average molecular weight is 876 g/mol. The van der Waals surface area contributed by atoms with Gasteiger partial charge < -0.3 is 85.3 Å². The second-order valence-electron chi connectivity index (χ2n) is 15.3. The number of phenols is 5. The van der Waals surface area contributed by atoms with Gasteiger partial charge in [0.05, 0.1) is 24.8 Å². The molecule has 2 fully saturated rings. The van der Waals surface area contributed by atoms with Crippen LogP contribution in [0.1, 0.15) is 24.0 Å². The van der Waals surface area contributed by atoms with Crippen LogP contribution in [0.5, 0.6) is 40.2 Å². The molecule has 0 amide bonds. The number of rotatable bonds is 13. The molecule has 0 bridgehead atoms. The second-order valence-corrected chi connectivity index (χ2v) is 15.3. The molecule has 2 unspecified atom stereocenters. The van der Waals surface area contributed by atoms with Crippen LogP contribution in [0.3, 0.4) is 0 Å². The highest BCUT2D eigenvalue weighted by atomic mass is 16.7. The average Bonchev–Trinajstić information content (AvgIpc) is 3.26. The van der Waals surface area contributed by atoms with E-state index >= 15 is 0 Å². The Morgan fingerprint density at radius 3 is 1.84 bits per heavy atom. The zero-order valence-corrected chi connectivity index (χ0v) is 33.2. The molecule has 0 aliphatic carbocycles. The lowest BCUT2D eigenvalue weighted by atomic mass is 9.75. The maximum atomic E-state index is 12.9. The Bertz CT molecular complexity index is 2440. The van der Waals surface area contributed by atoms with Crippen molar-refractivity contribution in [1.82, 2.24) is 0 Å². The molecule has 2 aliphatic rings. The van der Waals surface area contributed by atoms with E-state index in [1.165, 1.54) is 54.6 Å². The smallest absolute Gasteiger partial charge is 0.402 e. The third kappa shape index (κ3) is 9.08. The highest BCUT2D eigenvalue weighted by Gasteiger charge is 2.65. The number of aromatic hydroxyl groups is 5. The molecule has 18 heteroatoms. The van der Waals surface area contributed by atoms with Crippen LogP contribution in [-0.4, -0.2) is 140 Å². The molecule has 63 heavy (non-hydrogen) atoms. The van der Waals surface area contributed by atoms with Crippen molar-refractivity contribution in [3.05, 3.63) is 108 Å². The van der Waals surface area contributed by atoms with Crippen LogP contribution in [0.2, 0.25) is 0 Å². The summed E-state index contributed by atoms with van der Waals surface area (Å²) >= 11 is 0. The highest BCUT2D eigenvalue weighted by molar-refractivity contribution is 5.89. The fourth-order valence-electron chi connectivity index (χ4n) is 7.50. The Hall–Kier alpha value is -6.03. The van der Waals surface area contributed by atoms with Crippen LogP contribution in [0.4, 0.5) is 0 Å². The van der Waals surface area contributed by atoms with Gasteiger partial charge in [-0.3, -0.25) is 0 Å². The Morgan fingerprint density at radius 1 is 0.619 bits per heavy atom. The molecule has 5 aromatic rings. The summed E-state index contributed by atoms with van der Waals surface area (Å²) in [6.45, 7) is -1.64. The van der Waals surface area contributed by atoms with Crippen LogP contribution >= 0.6 is 0 Å². The molecule has 0 saturated carbocycles. The number of aliphatic hydroxyl groups excluding tert-OH is 7. The van der Waals surface area contributed by atoms with Crippen molar-refractivity contribution in [2.75, 3.05) is 13.2 Å². The van der Waals surface area contributed by atoms with Crippen LogP contribution in [0.25, 0.3) is 34.4 Å². The van der Waals surface area contributed by atoms with E-state index in [1.807, 2.05) is 0 Å². The minimum absolute atomic E-state index is 0.00314. The summed E-state index contributed by atoms with van der Waals surface area (Å²) in [6, 6.07) is 19.2. The standard InChI is InChI=1S/C45H46O18/c46-21-35-37(53)39(55)40(56)43(61-35)60-33-19-28(50)18-32-29(33)20-34(41(59-32)25-9-14-30(51)31(52)17-25)62-45(16-2-4-24-7-12-27(49)13-8-24)44(58,42(57)38(54)36(22-47)63-45)15-1-3-23-5-10-26(48)11-6-23/h1-14,17-20,35-40,42-43,46-47,53-58H,15-16,21-22H2,(H4-,48,49,50,51,52)/p+1/t35-,36-,37-,38-,39+,40-,42+,43?,44-,45?/m1/s1. The summed E-state index contributed by atoms with van der Waals surface area (Å²) in [7, 11) is 0. The Balaban J connectivity index is 1.42.